The van der Waals surface area contributed by atoms with Crippen molar-refractivity contribution in [1.82, 2.24) is 34.1 Å². The molecule has 1 aliphatic carbocycles. The predicted molar refractivity (Wildman–Crippen MR) is 174 cm³/mol. The molecular formula is C33H37F4N7O3Si. The topological polar surface area (TPSA) is 102 Å². The molecule has 0 saturated heterocycles. The third kappa shape index (κ3) is 7.06. The van der Waals surface area contributed by atoms with Crippen molar-refractivity contribution >= 4 is 19.1 Å². The Kier molecular flexibility index (Phi) is 9.02. The molecule has 4 heterocycles. The summed E-state index contributed by atoms with van der Waals surface area (Å²) in [6.07, 6.45) is 1.56. The maximum atomic E-state index is 15.4. The van der Waals surface area contributed by atoms with E-state index in [2.05, 4.69) is 34.6 Å². The Labute approximate surface area is 276 Å². The van der Waals surface area contributed by atoms with Gasteiger partial charge in [0, 0.05) is 40.0 Å². The minimum absolute atomic E-state index is 0.0628. The second kappa shape index (κ2) is 12.9. The highest BCUT2D eigenvalue weighted by atomic mass is 28.3. The number of hydrogen-bond acceptors (Lipinski definition) is 8. The molecule has 0 aliphatic heterocycles. The Morgan fingerprint density at radius 2 is 1.79 bits per heavy atom. The molecule has 1 aliphatic rings. The van der Waals surface area contributed by atoms with Gasteiger partial charge in [-0.1, -0.05) is 25.7 Å². The van der Waals surface area contributed by atoms with Crippen molar-refractivity contribution in [1.29, 1.82) is 0 Å². The average Bonchev–Trinajstić information content (AvgIpc) is 3.72. The van der Waals surface area contributed by atoms with Gasteiger partial charge in [0.1, 0.15) is 42.4 Å². The van der Waals surface area contributed by atoms with E-state index in [1.807, 2.05) is 17.7 Å². The van der Waals surface area contributed by atoms with Crippen molar-refractivity contribution in [3.8, 4) is 34.5 Å². The molecule has 15 heteroatoms. The normalized spacial score (nSPS) is 13.8. The first-order valence-corrected chi connectivity index (χ1v) is 19.3. The van der Waals surface area contributed by atoms with Gasteiger partial charge in [0.15, 0.2) is 11.5 Å². The van der Waals surface area contributed by atoms with E-state index >= 15 is 4.39 Å². The van der Waals surface area contributed by atoms with Gasteiger partial charge in [0.05, 0.1) is 23.9 Å². The van der Waals surface area contributed by atoms with Crippen LogP contribution in [0.5, 0.6) is 11.8 Å². The number of fused-ring (bicyclic) bond motifs is 1. The molecule has 0 amide bonds. The van der Waals surface area contributed by atoms with E-state index < -0.39 is 25.8 Å². The third-order valence-electron chi connectivity index (χ3n) is 8.13. The van der Waals surface area contributed by atoms with Crippen LogP contribution >= 0.6 is 0 Å². The number of alkyl halides is 3. The van der Waals surface area contributed by atoms with Gasteiger partial charge in [-0.2, -0.15) is 18.2 Å². The van der Waals surface area contributed by atoms with Gasteiger partial charge in [-0.25, -0.2) is 24.3 Å². The second-order valence-electron chi connectivity index (χ2n) is 13.3. The minimum atomic E-state index is -4.65. The minimum Gasteiger partial charge on any atom is -0.480 e. The van der Waals surface area contributed by atoms with Crippen LogP contribution in [0, 0.1) is 12.7 Å². The first-order chi connectivity index (χ1) is 22.7. The smallest absolute Gasteiger partial charge is 0.434 e. The molecule has 0 N–H and O–H groups in total. The fourth-order valence-electron chi connectivity index (χ4n) is 5.43. The van der Waals surface area contributed by atoms with Crippen LogP contribution in [-0.4, -0.2) is 55.8 Å². The molecule has 1 aromatic carbocycles. The fraction of sp³-hybridized carbons (Fsp3) is 0.424. The molecule has 0 spiro atoms. The molecule has 0 unspecified atom stereocenters. The number of ether oxygens (including phenoxy) is 3. The Bertz CT molecular complexity index is 1970. The first-order valence-electron chi connectivity index (χ1n) is 15.6. The number of nitrogens with zero attached hydrogens (tertiary/aromatic N) is 7. The maximum absolute atomic E-state index is 15.4. The summed E-state index contributed by atoms with van der Waals surface area (Å²) >= 11 is 0. The number of halogens is 4. The molecule has 6 rings (SSSR count). The molecule has 10 nitrogen and oxygen atoms in total. The van der Waals surface area contributed by atoms with E-state index in [9.17, 15) is 13.2 Å². The summed E-state index contributed by atoms with van der Waals surface area (Å²) in [5, 5.41) is 0. The van der Waals surface area contributed by atoms with E-state index in [0.717, 1.165) is 40.9 Å². The molecule has 0 bridgehead atoms. The number of aromatic nitrogens is 7. The lowest BCUT2D eigenvalue weighted by molar-refractivity contribution is -0.140. The number of hydrogen-bond donors (Lipinski definition) is 0. The summed E-state index contributed by atoms with van der Waals surface area (Å²) in [6, 6.07) is 5.21. The number of rotatable bonds is 12. The highest BCUT2D eigenvalue weighted by Crippen LogP contribution is 2.45. The molecule has 0 atom stereocenters. The van der Waals surface area contributed by atoms with Crippen LogP contribution in [0.3, 0.4) is 0 Å². The number of benzene rings is 1. The largest absolute Gasteiger partial charge is 0.480 e. The molecule has 1 saturated carbocycles. The van der Waals surface area contributed by atoms with E-state index in [0.29, 0.717) is 40.5 Å². The van der Waals surface area contributed by atoms with Crippen molar-refractivity contribution in [2.75, 3.05) is 13.7 Å². The lowest BCUT2D eigenvalue weighted by Crippen LogP contribution is -2.22. The van der Waals surface area contributed by atoms with E-state index in [1.54, 1.807) is 6.07 Å². The van der Waals surface area contributed by atoms with Gasteiger partial charge in [-0.15, -0.1) is 0 Å². The summed E-state index contributed by atoms with van der Waals surface area (Å²) in [5.74, 6) is 0.315. The lowest BCUT2D eigenvalue weighted by atomic mass is 10.1. The monoisotopic (exact) mass is 683 g/mol. The second-order valence-corrected chi connectivity index (χ2v) is 18.9. The Balaban J connectivity index is 1.36. The van der Waals surface area contributed by atoms with Gasteiger partial charge in [-0.05, 0) is 49.1 Å². The summed E-state index contributed by atoms with van der Waals surface area (Å²) in [7, 11) is 1.62. The Morgan fingerprint density at radius 1 is 1.02 bits per heavy atom. The zero-order valence-electron chi connectivity index (χ0n) is 27.7. The first kappa shape index (κ1) is 33.5. The molecule has 0 radical (unpaired) electrons. The van der Waals surface area contributed by atoms with Crippen LogP contribution in [0.25, 0.3) is 33.8 Å². The summed E-state index contributed by atoms with van der Waals surface area (Å²) in [5.41, 5.74) is 2.81. The molecule has 4 aromatic heterocycles. The fourth-order valence-corrected chi connectivity index (χ4v) is 6.19. The summed E-state index contributed by atoms with van der Waals surface area (Å²) in [4.78, 5) is 22.3. The quantitative estimate of drug-likeness (QED) is 0.0756. The van der Waals surface area contributed by atoms with Crippen LogP contribution in [-0.2, 0) is 31.3 Å². The highest BCUT2D eigenvalue weighted by Gasteiger charge is 2.35. The SMILES string of the molecule is COc1ncnc(C2CC2)c1-c1nc(OCc2ccc(-c3nc(C(F)(F)F)cn3C)c(F)c2)c2c(n1)c(C)cn2COCC[Si](C)(C)C. The van der Waals surface area contributed by atoms with E-state index in [-0.39, 0.29) is 36.5 Å². The van der Waals surface area contributed by atoms with Gasteiger partial charge in [-0.3, -0.25) is 0 Å². The van der Waals surface area contributed by atoms with Crippen molar-refractivity contribution in [2.45, 2.75) is 70.9 Å². The van der Waals surface area contributed by atoms with E-state index in [1.165, 1.54) is 32.6 Å². The summed E-state index contributed by atoms with van der Waals surface area (Å²) < 4.78 is 76.1. The van der Waals surface area contributed by atoms with Gasteiger partial charge < -0.3 is 23.3 Å². The Hall–Kier alpha value is -4.37. The number of imidazole rings is 1. The van der Waals surface area contributed by atoms with Crippen LogP contribution in [0.1, 0.15) is 41.3 Å². The number of methoxy groups -OCH3 is 1. The molecular weight excluding hydrogens is 646 g/mol. The highest BCUT2D eigenvalue weighted by molar-refractivity contribution is 6.76. The number of aryl methyl sites for hydroxylation is 2. The third-order valence-corrected chi connectivity index (χ3v) is 9.83. The van der Waals surface area contributed by atoms with Gasteiger partial charge in [0.2, 0.25) is 11.8 Å². The molecule has 254 valence electrons. The van der Waals surface area contributed by atoms with Gasteiger partial charge in [0.25, 0.3) is 0 Å². The van der Waals surface area contributed by atoms with E-state index in [4.69, 9.17) is 24.2 Å². The van der Waals surface area contributed by atoms with Crippen molar-refractivity contribution in [3.05, 3.63) is 65.3 Å². The zero-order chi connectivity index (χ0) is 34.4. The molecule has 1 fully saturated rings. The lowest BCUT2D eigenvalue weighted by Gasteiger charge is -2.17. The predicted octanol–water partition coefficient (Wildman–Crippen LogP) is 7.53. The van der Waals surface area contributed by atoms with Crippen LogP contribution in [0.15, 0.2) is 36.9 Å². The average molecular weight is 684 g/mol. The maximum Gasteiger partial charge on any atom is 0.434 e. The standard InChI is InChI=1S/C33H37F4N7O3Si/c1-19-14-44(18-46-11-12-48(4,5)6)28-26(19)41-29(25-27(21-8-9-21)38-17-39-31(25)45-3)42-32(28)47-16-20-7-10-22(23(34)13-20)30-40-24(15-43(30)2)33(35,36)37/h7,10,13-15,17,21H,8-9,11-12,16,18H2,1-6H3. The van der Waals surface area contributed by atoms with Crippen LogP contribution < -0.4 is 9.47 Å². The molecule has 5 aromatic rings. The van der Waals surface area contributed by atoms with Crippen LogP contribution in [0.4, 0.5) is 17.6 Å². The molecule has 48 heavy (non-hydrogen) atoms. The van der Waals surface area contributed by atoms with Gasteiger partial charge >= 0.3 is 6.18 Å². The van der Waals surface area contributed by atoms with Crippen molar-refractivity contribution in [2.24, 2.45) is 7.05 Å². The van der Waals surface area contributed by atoms with Crippen molar-refractivity contribution < 1.29 is 31.8 Å². The zero-order valence-corrected chi connectivity index (χ0v) is 28.7. The van der Waals surface area contributed by atoms with Crippen molar-refractivity contribution in [3.63, 3.8) is 0 Å². The van der Waals surface area contributed by atoms with Crippen LogP contribution in [0.2, 0.25) is 25.7 Å². The Morgan fingerprint density at radius 3 is 2.44 bits per heavy atom. The summed E-state index contributed by atoms with van der Waals surface area (Å²) in [6.45, 7) is 9.58.